The van der Waals surface area contributed by atoms with Crippen LogP contribution in [0.2, 0.25) is 0 Å². The average molecular weight is 472 g/mol. The van der Waals surface area contributed by atoms with E-state index in [0.717, 1.165) is 0 Å². The summed E-state index contributed by atoms with van der Waals surface area (Å²) in [5.74, 6) is -1.90. The topological polar surface area (TPSA) is 106 Å². The molecule has 1 aliphatic rings. The van der Waals surface area contributed by atoms with Crippen molar-refractivity contribution in [2.45, 2.75) is 19.4 Å². The molecule has 0 bridgehead atoms. The molecule has 1 fully saturated rings. The van der Waals surface area contributed by atoms with Gasteiger partial charge in [0.05, 0.1) is 37.3 Å². The number of benzene rings is 2. The van der Waals surface area contributed by atoms with Gasteiger partial charge in [0.1, 0.15) is 11.5 Å². The summed E-state index contributed by atoms with van der Waals surface area (Å²) in [6.45, 7) is 2.03. The van der Waals surface area contributed by atoms with Crippen LogP contribution in [-0.4, -0.2) is 41.5 Å². The second-order valence-electron chi connectivity index (χ2n) is 7.80. The smallest absolute Gasteiger partial charge is 0.310 e. The lowest BCUT2D eigenvalue weighted by atomic mass is 9.95. The lowest BCUT2D eigenvalue weighted by molar-refractivity contribution is -0.142. The Bertz CT molecular complexity index is 1280. The lowest BCUT2D eigenvalue weighted by Gasteiger charge is -2.25. The number of para-hydroxylation sites is 1. The molecule has 0 radical (unpaired) electrons. The van der Waals surface area contributed by atoms with E-state index in [1.54, 1.807) is 80.0 Å². The molecular formula is C27H24N2O6. The molecule has 1 N–H and O–H groups in total. The first-order valence-electron chi connectivity index (χ1n) is 11.0. The summed E-state index contributed by atoms with van der Waals surface area (Å²) in [4.78, 5) is 43.7. The summed E-state index contributed by atoms with van der Waals surface area (Å²) in [5.41, 5.74) is 2.00. The predicted molar refractivity (Wildman–Crippen MR) is 129 cm³/mol. The second kappa shape index (κ2) is 10.2. The fourth-order valence-electron chi connectivity index (χ4n) is 4.10. The highest BCUT2D eigenvalue weighted by molar-refractivity contribution is 6.51. The molecule has 3 aromatic rings. The number of aliphatic hydroxyl groups excluding tert-OH is 1. The zero-order valence-electron chi connectivity index (χ0n) is 19.3. The molecule has 1 unspecified atom stereocenters. The van der Waals surface area contributed by atoms with E-state index in [2.05, 4.69) is 4.98 Å². The summed E-state index contributed by atoms with van der Waals surface area (Å²) in [6.07, 6.45) is 3.20. The number of pyridine rings is 1. The van der Waals surface area contributed by atoms with E-state index in [4.69, 9.17) is 9.47 Å². The maximum absolute atomic E-state index is 13.2. The van der Waals surface area contributed by atoms with Crippen LogP contribution in [0.25, 0.3) is 5.76 Å². The number of aliphatic hydroxyl groups is 1. The van der Waals surface area contributed by atoms with E-state index in [9.17, 15) is 19.5 Å². The predicted octanol–water partition coefficient (Wildman–Crippen LogP) is 3.82. The number of rotatable bonds is 7. The Labute approximate surface area is 202 Å². The van der Waals surface area contributed by atoms with Gasteiger partial charge in [-0.25, -0.2) is 0 Å². The van der Waals surface area contributed by atoms with E-state index >= 15 is 0 Å². The molecule has 1 aromatic heterocycles. The Balaban J connectivity index is 1.81. The van der Waals surface area contributed by atoms with Gasteiger partial charge in [0.2, 0.25) is 0 Å². The van der Waals surface area contributed by atoms with Gasteiger partial charge in [0, 0.05) is 18.1 Å². The molecule has 8 nitrogen and oxygen atoms in total. The van der Waals surface area contributed by atoms with Crippen molar-refractivity contribution in [3.05, 3.63) is 95.3 Å². The molecule has 0 saturated carbocycles. The van der Waals surface area contributed by atoms with Crippen molar-refractivity contribution in [2.75, 3.05) is 18.6 Å². The van der Waals surface area contributed by atoms with E-state index in [1.807, 2.05) is 0 Å². The highest BCUT2D eigenvalue weighted by Crippen LogP contribution is 2.43. The number of esters is 1. The third kappa shape index (κ3) is 4.63. The molecule has 0 spiro atoms. The highest BCUT2D eigenvalue weighted by atomic mass is 16.5. The Hall–Kier alpha value is -4.46. The molecule has 2 aromatic carbocycles. The number of amides is 1. The maximum atomic E-state index is 13.2. The molecule has 1 saturated heterocycles. The van der Waals surface area contributed by atoms with Gasteiger partial charge in [-0.1, -0.05) is 24.3 Å². The molecule has 0 aliphatic carbocycles. The van der Waals surface area contributed by atoms with Crippen LogP contribution in [0.1, 0.15) is 29.7 Å². The average Bonchev–Trinajstić information content (AvgIpc) is 3.15. The standard InChI is InChI=1S/C27H24N2O6/c1-3-35-22(30)16-17-8-10-19(11-9-17)29-24(18-12-14-28-15-13-18)23(26(32)27(29)33)25(31)20-6-4-5-7-21(20)34-2/h4-15,24,31H,3,16H2,1-2H3/b25-23-. The first-order chi connectivity index (χ1) is 17.0. The molecule has 2 heterocycles. The maximum Gasteiger partial charge on any atom is 0.310 e. The van der Waals surface area contributed by atoms with Crippen LogP contribution in [0.5, 0.6) is 5.75 Å². The number of carbonyl (C=O) groups excluding carboxylic acids is 3. The third-order valence-electron chi connectivity index (χ3n) is 5.70. The minimum absolute atomic E-state index is 0.0544. The summed E-state index contributed by atoms with van der Waals surface area (Å²) in [5, 5.41) is 11.2. The van der Waals surface area contributed by atoms with Gasteiger partial charge in [-0.05, 0) is 54.4 Å². The van der Waals surface area contributed by atoms with Crippen molar-refractivity contribution in [2.24, 2.45) is 0 Å². The van der Waals surface area contributed by atoms with Crippen LogP contribution in [0, 0.1) is 0 Å². The van der Waals surface area contributed by atoms with Gasteiger partial charge in [0.25, 0.3) is 11.7 Å². The number of carbonyl (C=O) groups is 3. The Kier molecular flexibility index (Phi) is 6.91. The van der Waals surface area contributed by atoms with Crippen LogP contribution < -0.4 is 9.64 Å². The van der Waals surface area contributed by atoms with Gasteiger partial charge in [-0.2, -0.15) is 0 Å². The lowest BCUT2D eigenvalue weighted by Crippen LogP contribution is -2.29. The highest BCUT2D eigenvalue weighted by Gasteiger charge is 2.47. The normalized spacial score (nSPS) is 16.9. The Morgan fingerprint density at radius 2 is 1.71 bits per heavy atom. The SMILES string of the molecule is CCOC(=O)Cc1ccc(N2C(=O)C(=O)/C(=C(\O)c3ccccc3OC)C2c2ccncc2)cc1. The van der Waals surface area contributed by atoms with Crippen molar-refractivity contribution in [1.82, 2.24) is 4.98 Å². The minimum atomic E-state index is -0.890. The molecule has 35 heavy (non-hydrogen) atoms. The summed E-state index contributed by atoms with van der Waals surface area (Å²) >= 11 is 0. The van der Waals surface area contributed by atoms with Crippen molar-refractivity contribution in [3.63, 3.8) is 0 Å². The first-order valence-corrected chi connectivity index (χ1v) is 11.0. The van der Waals surface area contributed by atoms with E-state index < -0.39 is 17.7 Å². The number of methoxy groups -OCH3 is 1. The second-order valence-corrected chi connectivity index (χ2v) is 7.80. The Morgan fingerprint density at radius 3 is 2.37 bits per heavy atom. The number of nitrogens with zero attached hydrogens (tertiary/aromatic N) is 2. The van der Waals surface area contributed by atoms with Gasteiger partial charge >= 0.3 is 5.97 Å². The zero-order chi connectivity index (χ0) is 24.9. The van der Waals surface area contributed by atoms with E-state index in [0.29, 0.717) is 34.7 Å². The number of ether oxygens (including phenoxy) is 2. The van der Waals surface area contributed by atoms with Crippen molar-refractivity contribution >= 4 is 29.1 Å². The number of anilines is 1. The fraction of sp³-hybridized carbons (Fsp3) is 0.185. The molecule has 178 valence electrons. The van der Waals surface area contributed by atoms with Crippen LogP contribution >= 0.6 is 0 Å². The van der Waals surface area contributed by atoms with Gasteiger partial charge < -0.3 is 14.6 Å². The van der Waals surface area contributed by atoms with E-state index in [1.165, 1.54) is 12.0 Å². The first kappa shape index (κ1) is 23.7. The summed E-state index contributed by atoms with van der Waals surface area (Å²) in [6, 6.07) is 16.0. The van der Waals surface area contributed by atoms with Crippen molar-refractivity contribution < 1.29 is 29.0 Å². The van der Waals surface area contributed by atoms with Gasteiger partial charge in [-0.15, -0.1) is 0 Å². The van der Waals surface area contributed by atoms with Crippen LogP contribution in [0.4, 0.5) is 5.69 Å². The quantitative estimate of drug-likeness (QED) is 0.241. The molecule has 1 amide bonds. The zero-order valence-corrected chi connectivity index (χ0v) is 19.3. The monoisotopic (exact) mass is 472 g/mol. The Morgan fingerprint density at radius 1 is 1.03 bits per heavy atom. The number of Topliss-reactive ketones (excluding diaryl/α,β-unsaturated/α-hetero) is 1. The van der Waals surface area contributed by atoms with Crippen LogP contribution in [-0.2, 0) is 25.5 Å². The van der Waals surface area contributed by atoms with Crippen LogP contribution in [0.3, 0.4) is 0 Å². The summed E-state index contributed by atoms with van der Waals surface area (Å²) < 4.78 is 10.3. The largest absolute Gasteiger partial charge is 0.507 e. The third-order valence-corrected chi connectivity index (χ3v) is 5.70. The van der Waals surface area contributed by atoms with E-state index in [-0.39, 0.29) is 23.7 Å². The van der Waals surface area contributed by atoms with Gasteiger partial charge in [-0.3, -0.25) is 24.3 Å². The molecule has 1 atom stereocenters. The molecule has 1 aliphatic heterocycles. The van der Waals surface area contributed by atoms with Gasteiger partial charge in [0.15, 0.2) is 0 Å². The number of hydrogen-bond donors (Lipinski definition) is 1. The molecular weight excluding hydrogens is 448 g/mol. The number of hydrogen-bond acceptors (Lipinski definition) is 7. The molecule has 8 heteroatoms. The molecule has 4 rings (SSSR count). The summed E-state index contributed by atoms with van der Waals surface area (Å²) in [7, 11) is 1.46. The fourth-order valence-corrected chi connectivity index (χ4v) is 4.10. The minimum Gasteiger partial charge on any atom is -0.507 e. The van der Waals surface area contributed by atoms with Crippen molar-refractivity contribution in [1.29, 1.82) is 0 Å². The number of ketones is 1. The number of aromatic nitrogens is 1. The van der Waals surface area contributed by atoms with Crippen molar-refractivity contribution in [3.8, 4) is 5.75 Å². The van der Waals surface area contributed by atoms with Crippen LogP contribution in [0.15, 0.2) is 78.6 Å².